The van der Waals surface area contributed by atoms with Gasteiger partial charge in [0.25, 0.3) is 0 Å². The molecule has 2 aliphatic rings. The molecule has 0 atom stereocenters. The Morgan fingerprint density at radius 2 is 1.92 bits per heavy atom. The Balaban J connectivity index is 0.000000261. The number of fused-ring (bicyclic) bond motifs is 2. The fourth-order valence-corrected chi connectivity index (χ4v) is 5.65. The summed E-state index contributed by atoms with van der Waals surface area (Å²) in [4.78, 5) is 30.9. The van der Waals surface area contributed by atoms with Gasteiger partial charge in [-0.1, -0.05) is 43.3 Å². The van der Waals surface area contributed by atoms with Gasteiger partial charge in [0.1, 0.15) is 6.29 Å². The molecule has 200 valence electrons. The minimum atomic E-state index is -0.0975. The van der Waals surface area contributed by atoms with E-state index in [1.807, 2.05) is 56.3 Å². The highest BCUT2D eigenvalue weighted by Crippen LogP contribution is 2.36. The van der Waals surface area contributed by atoms with Gasteiger partial charge in [0.15, 0.2) is 16.6 Å². The highest BCUT2D eigenvalue weighted by molar-refractivity contribution is 7.16. The lowest BCUT2D eigenvalue weighted by molar-refractivity contribution is -0.115. The molecule has 7 nitrogen and oxygen atoms in total. The van der Waals surface area contributed by atoms with Crippen LogP contribution in [-0.2, 0) is 24.1 Å². The Labute approximate surface area is 232 Å². The molecule has 0 bridgehead atoms. The highest BCUT2D eigenvalue weighted by Gasteiger charge is 2.19. The molecule has 2 aliphatic heterocycles. The topological polar surface area (TPSA) is 80.8 Å². The first-order valence-corrected chi connectivity index (χ1v) is 13.8. The van der Waals surface area contributed by atoms with Crippen molar-refractivity contribution in [3.05, 3.63) is 87.8 Å². The summed E-state index contributed by atoms with van der Waals surface area (Å²) in [5.41, 5.74) is 7.49. The number of hydrogen-bond donors (Lipinski definition) is 1. The van der Waals surface area contributed by atoms with Crippen molar-refractivity contribution < 1.29 is 19.1 Å². The van der Waals surface area contributed by atoms with E-state index >= 15 is 0 Å². The molecule has 39 heavy (non-hydrogen) atoms. The largest absolute Gasteiger partial charge is 0.454 e. The molecule has 3 heterocycles. The number of ether oxygens (including phenoxy) is 2. The summed E-state index contributed by atoms with van der Waals surface area (Å²) in [6.07, 6.45) is 3.14. The summed E-state index contributed by atoms with van der Waals surface area (Å²) in [7, 11) is 2.12. The molecule has 0 fully saturated rings. The molecule has 1 amide bonds. The van der Waals surface area contributed by atoms with Gasteiger partial charge in [-0.3, -0.25) is 9.59 Å². The molecule has 0 radical (unpaired) electrons. The van der Waals surface area contributed by atoms with Crippen molar-refractivity contribution >= 4 is 34.3 Å². The van der Waals surface area contributed by atoms with Crippen LogP contribution in [0.4, 0.5) is 10.8 Å². The summed E-state index contributed by atoms with van der Waals surface area (Å²) in [5, 5.41) is 3.56. The smallest absolute Gasteiger partial charge is 0.231 e. The van der Waals surface area contributed by atoms with E-state index in [-0.39, 0.29) is 19.1 Å². The normalized spacial score (nSPS) is 12.9. The van der Waals surface area contributed by atoms with Crippen LogP contribution in [0.25, 0.3) is 11.3 Å². The van der Waals surface area contributed by atoms with Gasteiger partial charge in [-0.2, -0.15) is 0 Å². The van der Waals surface area contributed by atoms with Crippen molar-refractivity contribution in [3.63, 3.8) is 0 Å². The van der Waals surface area contributed by atoms with Gasteiger partial charge < -0.3 is 19.7 Å². The van der Waals surface area contributed by atoms with E-state index in [9.17, 15) is 9.59 Å². The van der Waals surface area contributed by atoms with Crippen molar-refractivity contribution in [2.24, 2.45) is 0 Å². The maximum Gasteiger partial charge on any atom is 0.231 e. The number of aryl methyl sites for hydroxylation is 2. The van der Waals surface area contributed by atoms with E-state index in [2.05, 4.69) is 35.5 Å². The summed E-state index contributed by atoms with van der Waals surface area (Å²) < 4.78 is 10.7. The number of aromatic nitrogens is 1. The summed E-state index contributed by atoms with van der Waals surface area (Å²) >= 11 is 1.50. The number of nitrogens with zero attached hydrogens (tertiary/aromatic N) is 2. The zero-order chi connectivity index (χ0) is 27.4. The minimum absolute atomic E-state index is 0.0975. The van der Waals surface area contributed by atoms with Crippen LogP contribution in [-0.4, -0.2) is 37.6 Å². The van der Waals surface area contributed by atoms with Gasteiger partial charge in [0.05, 0.1) is 12.1 Å². The number of benzene rings is 3. The molecule has 0 unspecified atom stereocenters. The van der Waals surface area contributed by atoms with Gasteiger partial charge in [-0.05, 0) is 60.7 Å². The van der Waals surface area contributed by atoms with Crippen LogP contribution in [0.1, 0.15) is 38.8 Å². The molecular weight excluding hydrogens is 510 g/mol. The first kappa shape index (κ1) is 26.4. The molecule has 0 saturated carbocycles. The predicted octanol–water partition coefficient (Wildman–Crippen LogP) is 6.08. The average molecular weight is 542 g/mol. The highest BCUT2D eigenvalue weighted by atomic mass is 32.1. The van der Waals surface area contributed by atoms with Crippen LogP contribution in [0.5, 0.6) is 11.5 Å². The van der Waals surface area contributed by atoms with Crippen molar-refractivity contribution in [1.82, 2.24) is 4.98 Å². The molecule has 1 N–H and O–H groups in total. The van der Waals surface area contributed by atoms with Crippen molar-refractivity contribution in [2.75, 3.05) is 30.6 Å². The monoisotopic (exact) mass is 541 g/mol. The summed E-state index contributed by atoms with van der Waals surface area (Å²) in [6.45, 7) is 5.36. The molecule has 4 aromatic rings. The van der Waals surface area contributed by atoms with Gasteiger partial charge in [0.2, 0.25) is 12.7 Å². The zero-order valence-corrected chi connectivity index (χ0v) is 23.1. The second-order valence-corrected chi connectivity index (χ2v) is 10.7. The van der Waals surface area contributed by atoms with E-state index in [0.717, 1.165) is 64.2 Å². The molecule has 8 heteroatoms. The molecule has 0 aliphatic carbocycles. The molecular formula is C31H31N3O4S. The van der Waals surface area contributed by atoms with E-state index in [1.165, 1.54) is 22.6 Å². The molecule has 0 saturated heterocycles. The number of aldehydes is 1. The third kappa shape index (κ3) is 5.96. The van der Waals surface area contributed by atoms with Crippen LogP contribution in [0.3, 0.4) is 0 Å². The van der Waals surface area contributed by atoms with Crippen molar-refractivity contribution in [2.45, 2.75) is 33.1 Å². The molecule has 6 rings (SSSR count). The fraction of sp³-hybridized carbons (Fsp3) is 0.258. The Kier molecular flexibility index (Phi) is 7.93. The summed E-state index contributed by atoms with van der Waals surface area (Å²) in [6, 6.07) is 19.7. The SMILES string of the molecule is CCc1ccccc1C=O.Cc1sc(NC(=O)Cc2ccc3c(c2)OCO3)nc1-c1ccc2c(c1)CCN2C. The third-order valence-electron chi connectivity index (χ3n) is 6.89. The van der Waals surface area contributed by atoms with Crippen molar-refractivity contribution in [1.29, 1.82) is 0 Å². The second-order valence-electron chi connectivity index (χ2n) is 9.52. The number of carbonyl (C=O) groups is 2. The van der Waals surface area contributed by atoms with Crippen LogP contribution >= 0.6 is 11.3 Å². The lowest BCUT2D eigenvalue weighted by atomic mass is 10.1. The maximum absolute atomic E-state index is 12.5. The fourth-order valence-electron chi connectivity index (χ4n) is 4.80. The van der Waals surface area contributed by atoms with E-state index in [4.69, 9.17) is 14.5 Å². The number of thiazole rings is 1. The number of carbonyl (C=O) groups excluding carboxylic acids is 2. The first-order chi connectivity index (χ1) is 18.9. The number of rotatable bonds is 6. The predicted molar refractivity (Wildman–Crippen MR) is 155 cm³/mol. The Morgan fingerprint density at radius 1 is 1.10 bits per heavy atom. The number of hydrogen-bond acceptors (Lipinski definition) is 7. The zero-order valence-electron chi connectivity index (χ0n) is 22.3. The third-order valence-corrected chi connectivity index (χ3v) is 7.77. The van der Waals surface area contributed by atoms with Gasteiger partial charge in [-0.15, -0.1) is 11.3 Å². The quantitative estimate of drug-likeness (QED) is 0.298. The number of anilines is 2. The minimum Gasteiger partial charge on any atom is -0.454 e. The van der Waals surface area contributed by atoms with Gasteiger partial charge in [-0.25, -0.2) is 4.98 Å². The van der Waals surface area contributed by atoms with Crippen LogP contribution in [0.15, 0.2) is 60.7 Å². The van der Waals surface area contributed by atoms with Gasteiger partial charge >= 0.3 is 0 Å². The Hall–Kier alpha value is -4.17. The number of nitrogens with one attached hydrogen (secondary N) is 1. The lowest BCUT2D eigenvalue weighted by Gasteiger charge is -2.11. The Bertz CT molecular complexity index is 1510. The lowest BCUT2D eigenvalue weighted by Crippen LogP contribution is -2.14. The molecule has 0 spiro atoms. The molecule has 1 aromatic heterocycles. The number of likely N-dealkylation sites (N-methyl/N-ethyl adjacent to an activating group) is 1. The van der Waals surface area contributed by atoms with Crippen LogP contribution in [0.2, 0.25) is 0 Å². The Morgan fingerprint density at radius 3 is 2.72 bits per heavy atom. The number of amides is 1. The van der Waals surface area contributed by atoms with Crippen LogP contribution in [0, 0.1) is 6.92 Å². The standard InChI is InChI=1S/C22H21N3O3S.C9H10O/c1-13-21(16-4-5-17-15(11-16)7-8-25(17)2)24-22(29-13)23-20(26)10-14-3-6-18-19(9-14)28-12-27-18;1-2-8-5-3-4-6-9(8)7-10/h3-6,9,11H,7-8,10,12H2,1-2H3,(H,23,24,26);3-7H,2H2,1H3. The van der Waals surface area contributed by atoms with E-state index in [0.29, 0.717) is 10.9 Å². The molecule has 3 aromatic carbocycles. The first-order valence-electron chi connectivity index (χ1n) is 13.0. The second kappa shape index (κ2) is 11.7. The van der Waals surface area contributed by atoms with Crippen LogP contribution < -0.4 is 19.7 Å². The summed E-state index contributed by atoms with van der Waals surface area (Å²) in [5.74, 6) is 1.31. The average Bonchev–Trinajstić information content (AvgIpc) is 3.67. The van der Waals surface area contributed by atoms with E-state index in [1.54, 1.807) is 0 Å². The van der Waals surface area contributed by atoms with E-state index < -0.39 is 0 Å². The van der Waals surface area contributed by atoms with Crippen molar-refractivity contribution in [3.8, 4) is 22.8 Å². The maximum atomic E-state index is 12.5. The van der Waals surface area contributed by atoms with Gasteiger partial charge in [0, 0.05) is 35.3 Å².